The maximum absolute atomic E-state index is 12.3. The Morgan fingerprint density at radius 1 is 1.60 bits per heavy atom. The number of hydrogen-bond donors (Lipinski definition) is 1. The molecule has 6 nitrogen and oxygen atoms in total. The van der Waals surface area contributed by atoms with Crippen LogP contribution in [-0.2, 0) is 4.74 Å². The number of aromatic nitrogens is 1. The van der Waals surface area contributed by atoms with Crippen molar-refractivity contribution in [3.05, 3.63) is 40.0 Å². The summed E-state index contributed by atoms with van der Waals surface area (Å²) in [6.45, 7) is 5.32. The largest absolute Gasteiger partial charge is 0.505 e. The molecule has 2 heterocycles. The molecule has 0 saturated heterocycles. The Morgan fingerprint density at radius 3 is 3.00 bits per heavy atom. The van der Waals surface area contributed by atoms with E-state index in [4.69, 9.17) is 9.57 Å². The Kier molecular flexibility index (Phi) is 4.09. The predicted octanol–water partition coefficient (Wildman–Crippen LogP) is 1.56. The average Bonchev–Trinajstić information content (AvgIpc) is 2.88. The van der Waals surface area contributed by atoms with Gasteiger partial charge >= 0.3 is 11.5 Å². The average molecular weight is 295 g/mol. The number of ether oxygens (including phenoxy) is 1. The van der Waals surface area contributed by atoms with E-state index in [2.05, 4.69) is 6.58 Å². The number of esters is 1. The fourth-order valence-corrected chi connectivity index (χ4v) is 2.53. The summed E-state index contributed by atoms with van der Waals surface area (Å²) < 4.78 is 6.15. The number of thiophene rings is 1. The summed E-state index contributed by atoms with van der Waals surface area (Å²) in [7, 11) is 0. The highest BCUT2D eigenvalue weighted by molar-refractivity contribution is 7.17. The van der Waals surface area contributed by atoms with Crippen molar-refractivity contribution in [2.75, 3.05) is 13.2 Å². The van der Waals surface area contributed by atoms with E-state index in [1.165, 1.54) is 17.4 Å². The number of aromatic hydroxyl groups is 1. The third-order valence-electron chi connectivity index (χ3n) is 2.51. The quantitative estimate of drug-likeness (QED) is 0.669. The van der Waals surface area contributed by atoms with Crippen LogP contribution in [0.1, 0.15) is 17.3 Å². The van der Waals surface area contributed by atoms with E-state index in [1.54, 1.807) is 18.4 Å². The molecule has 1 N–H and O–H groups in total. The first-order valence-corrected chi connectivity index (χ1v) is 6.76. The highest BCUT2D eigenvalue weighted by Crippen LogP contribution is 2.30. The SMILES string of the molecule is C=CCOn1c(=O)c(C(=O)OCC)c(O)c2sccc21. The summed E-state index contributed by atoms with van der Waals surface area (Å²) >= 11 is 1.20. The third-order valence-corrected chi connectivity index (χ3v) is 3.42. The lowest BCUT2D eigenvalue weighted by atomic mass is 10.2. The second-order valence-corrected chi connectivity index (χ2v) is 4.68. The Balaban J connectivity index is 2.71. The normalized spacial score (nSPS) is 10.4. The van der Waals surface area contributed by atoms with Crippen LogP contribution < -0.4 is 10.4 Å². The minimum absolute atomic E-state index is 0.0951. The van der Waals surface area contributed by atoms with Crippen LogP contribution in [-0.4, -0.2) is 29.0 Å². The smallest absolute Gasteiger partial charge is 0.347 e. The standard InChI is InChI=1S/C13H13NO5S/c1-3-6-19-14-8-5-7-20-11(8)10(15)9(12(14)16)13(17)18-4-2/h3,5,7,15H,1,4,6H2,2H3. The summed E-state index contributed by atoms with van der Waals surface area (Å²) in [6.07, 6.45) is 1.47. The molecule has 0 fully saturated rings. The lowest BCUT2D eigenvalue weighted by Crippen LogP contribution is -2.32. The first-order valence-electron chi connectivity index (χ1n) is 5.88. The van der Waals surface area contributed by atoms with E-state index in [-0.39, 0.29) is 19.0 Å². The Bertz CT molecular complexity index is 715. The summed E-state index contributed by atoms with van der Waals surface area (Å²) in [6, 6.07) is 1.62. The van der Waals surface area contributed by atoms with E-state index in [0.717, 1.165) is 4.73 Å². The zero-order valence-electron chi connectivity index (χ0n) is 10.8. The highest BCUT2D eigenvalue weighted by atomic mass is 32.1. The fraction of sp³-hybridized carbons (Fsp3) is 0.231. The van der Waals surface area contributed by atoms with E-state index in [1.807, 2.05) is 0 Å². The Morgan fingerprint density at radius 2 is 2.35 bits per heavy atom. The molecule has 0 unspecified atom stereocenters. The molecule has 20 heavy (non-hydrogen) atoms. The Labute approximate surface area is 118 Å². The predicted molar refractivity (Wildman–Crippen MR) is 75.4 cm³/mol. The minimum Gasteiger partial charge on any atom is -0.505 e. The molecule has 0 bridgehead atoms. The van der Waals surface area contributed by atoms with Crippen LogP contribution in [0.4, 0.5) is 0 Å². The van der Waals surface area contributed by atoms with Crippen LogP contribution in [0.15, 0.2) is 28.9 Å². The van der Waals surface area contributed by atoms with E-state index < -0.39 is 17.1 Å². The van der Waals surface area contributed by atoms with Crippen LogP contribution >= 0.6 is 11.3 Å². The number of hydrogen-bond acceptors (Lipinski definition) is 6. The van der Waals surface area contributed by atoms with Crippen molar-refractivity contribution in [2.45, 2.75) is 6.92 Å². The molecule has 106 valence electrons. The van der Waals surface area contributed by atoms with Gasteiger partial charge in [0.1, 0.15) is 12.1 Å². The van der Waals surface area contributed by atoms with Crippen molar-refractivity contribution in [1.82, 2.24) is 4.73 Å². The van der Waals surface area contributed by atoms with Gasteiger partial charge in [-0.25, -0.2) is 4.79 Å². The molecule has 0 aliphatic heterocycles. The molecule has 2 aromatic rings. The van der Waals surface area contributed by atoms with Gasteiger partial charge in [0.25, 0.3) is 0 Å². The van der Waals surface area contributed by atoms with Gasteiger partial charge in [0, 0.05) is 0 Å². The maximum atomic E-state index is 12.3. The van der Waals surface area contributed by atoms with Gasteiger partial charge in [-0.15, -0.1) is 16.1 Å². The zero-order chi connectivity index (χ0) is 14.7. The number of rotatable bonds is 5. The highest BCUT2D eigenvalue weighted by Gasteiger charge is 2.24. The van der Waals surface area contributed by atoms with Crippen molar-refractivity contribution in [2.24, 2.45) is 0 Å². The first-order chi connectivity index (χ1) is 9.61. The van der Waals surface area contributed by atoms with Gasteiger partial charge in [-0.1, -0.05) is 12.7 Å². The summed E-state index contributed by atoms with van der Waals surface area (Å²) in [5, 5.41) is 11.8. The lowest BCUT2D eigenvalue weighted by molar-refractivity contribution is 0.0513. The van der Waals surface area contributed by atoms with Crippen molar-refractivity contribution in [3.63, 3.8) is 0 Å². The van der Waals surface area contributed by atoms with Crippen LogP contribution in [0.5, 0.6) is 5.75 Å². The molecule has 0 saturated carbocycles. The molecule has 2 aromatic heterocycles. The molecule has 0 aliphatic carbocycles. The molecule has 7 heteroatoms. The fourth-order valence-electron chi connectivity index (χ4n) is 1.71. The number of carbonyl (C=O) groups excluding carboxylic acids is 1. The van der Waals surface area contributed by atoms with Gasteiger partial charge in [0.15, 0.2) is 11.3 Å². The number of pyridine rings is 1. The molecule has 0 spiro atoms. The summed E-state index contributed by atoms with van der Waals surface area (Å²) in [4.78, 5) is 29.3. The number of carbonyl (C=O) groups is 1. The maximum Gasteiger partial charge on any atom is 0.347 e. The van der Waals surface area contributed by atoms with Gasteiger partial charge in [-0.3, -0.25) is 4.79 Å². The zero-order valence-corrected chi connectivity index (χ0v) is 11.6. The third kappa shape index (κ3) is 2.27. The van der Waals surface area contributed by atoms with Crippen molar-refractivity contribution < 1.29 is 19.5 Å². The van der Waals surface area contributed by atoms with E-state index in [9.17, 15) is 14.7 Å². The van der Waals surface area contributed by atoms with E-state index >= 15 is 0 Å². The molecule has 0 atom stereocenters. The second kappa shape index (κ2) is 5.79. The molecular formula is C13H13NO5S. The molecule has 0 radical (unpaired) electrons. The monoisotopic (exact) mass is 295 g/mol. The first kappa shape index (κ1) is 14.1. The molecule has 0 amide bonds. The summed E-state index contributed by atoms with van der Waals surface area (Å²) in [5.41, 5.74) is -0.785. The Hall–Kier alpha value is -2.28. The minimum atomic E-state index is -0.874. The van der Waals surface area contributed by atoms with Gasteiger partial charge in [-0.2, -0.15) is 0 Å². The van der Waals surface area contributed by atoms with Crippen LogP contribution in [0.3, 0.4) is 0 Å². The van der Waals surface area contributed by atoms with Crippen LogP contribution in [0.25, 0.3) is 10.2 Å². The number of nitrogens with zero attached hydrogens (tertiary/aromatic N) is 1. The van der Waals surface area contributed by atoms with Crippen LogP contribution in [0.2, 0.25) is 0 Å². The molecule has 0 aliphatic rings. The van der Waals surface area contributed by atoms with Crippen molar-refractivity contribution in [1.29, 1.82) is 0 Å². The molecular weight excluding hydrogens is 282 g/mol. The van der Waals surface area contributed by atoms with Crippen LogP contribution in [0, 0.1) is 0 Å². The number of fused-ring (bicyclic) bond motifs is 1. The van der Waals surface area contributed by atoms with E-state index in [0.29, 0.717) is 10.2 Å². The van der Waals surface area contributed by atoms with Gasteiger partial charge in [0.2, 0.25) is 0 Å². The van der Waals surface area contributed by atoms with Gasteiger partial charge in [-0.05, 0) is 18.4 Å². The summed E-state index contributed by atoms with van der Waals surface area (Å²) in [5.74, 6) is -1.25. The molecule has 0 aromatic carbocycles. The molecule has 2 rings (SSSR count). The van der Waals surface area contributed by atoms with Crippen molar-refractivity contribution in [3.8, 4) is 5.75 Å². The van der Waals surface area contributed by atoms with Crippen molar-refractivity contribution >= 4 is 27.5 Å². The second-order valence-electron chi connectivity index (χ2n) is 3.76. The van der Waals surface area contributed by atoms with Gasteiger partial charge < -0.3 is 14.7 Å². The topological polar surface area (TPSA) is 77.8 Å². The lowest BCUT2D eigenvalue weighted by Gasteiger charge is -2.11. The van der Waals surface area contributed by atoms with Gasteiger partial charge in [0.05, 0.1) is 11.3 Å².